The van der Waals surface area contributed by atoms with Gasteiger partial charge in [-0.2, -0.15) is 0 Å². The molecule has 0 saturated heterocycles. The fourth-order valence-electron chi connectivity index (χ4n) is 1.86. The van der Waals surface area contributed by atoms with Gasteiger partial charge in [0.2, 0.25) is 0 Å². The zero-order valence-corrected chi connectivity index (χ0v) is 8.82. The molecule has 1 aromatic rings. The third kappa shape index (κ3) is 3.15. The number of aliphatic imine (C=N–C) groups is 1. The van der Waals surface area contributed by atoms with Crippen LogP contribution in [-0.4, -0.2) is 11.9 Å². The number of nitrogens with zero attached hydrogens (tertiary/aromatic N) is 1. The summed E-state index contributed by atoms with van der Waals surface area (Å²) in [6.45, 7) is 0.743. The maximum Gasteiger partial charge on any atom is 0.101 e. The smallest absolute Gasteiger partial charge is 0.101 e. The second-order valence-corrected chi connectivity index (χ2v) is 4.04. The fraction of sp³-hybridized carbons (Fsp3) is 0.462. The minimum absolute atomic E-state index is 0.597. The fourth-order valence-corrected chi connectivity index (χ4v) is 1.86. The highest BCUT2D eigenvalue weighted by atomic mass is 19.1. The molecule has 0 aromatic heterocycles. The molecule has 0 unspecified atom stereocenters. The van der Waals surface area contributed by atoms with Gasteiger partial charge in [0.1, 0.15) is 6.17 Å². The lowest BCUT2D eigenvalue weighted by Crippen LogP contribution is -2.14. The predicted octanol–water partition coefficient (Wildman–Crippen LogP) is 3.54. The first-order valence-corrected chi connectivity index (χ1v) is 5.55. The molecule has 0 atom stereocenters. The molecule has 0 bridgehead atoms. The van der Waals surface area contributed by atoms with E-state index in [0.717, 1.165) is 19.4 Å². The number of benzene rings is 1. The van der Waals surface area contributed by atoms with Crippen LogP contribution in [0.3, 0.4) is 0 Å². The van der Waals surface area contributed by atoms with E-state index in [1.165, 1.54) is 11.3 Å². The lowest BCUT2D eigenvalue weighted by Gasteiger charge is -2.16. The summed E-state index contributed by atoms with van der Waals surface area (Å²) in [6, 6.07) is 10.2. The summed E-state index contributed by atoms with van der Waals surface area (Å²) in [5.74, 6) is 0. The molecule has 1 aromatic carbocycles. The van der Waals surface area contributed by atoms with Crippen LogP contribution in [0, 0.1) is 0 Å². The van der Waals surface area contributed by atoms with E-state index in [1.54, 1.807) is 0 Å². The van der Waals surface area contributed by atoms with Crippen molar-refractivity contribution in [3.8, 4) is 0 Å². The SMILES string of the molecule is FC1CCC(=NCc2ccccc2)CC1. The zero-order valence-electron chi connectivity index (χ0n) is 8.82. The molecule has 0 spiro atoms. The van der Waals surface area contributed by atoms with E-state index < -0.39 is 6.17 Å². The van der Waals surface area contributed by atoms with Gasteiger partial charge in [-0.05, 0) is 31.2 Å². The molecule has 80 valence electrons. The van der Waals surface area contributed by atoms with Crippen molar-refractivity contribution < 1.29 is 4.39 Å². The molecule has 1 aliphatic rings. The standard InChI is InChI=1S/C13H16FN/c14-12-6-8-13(9-7-12)15-10-11-4-2-1-3-5-11/h1-5,12H,6-10H2. The minimum atomic E-state index is -0.597. The number of hydrogen-bond donors (Lipinski definition) is 0. The van der Waals surface area contributed by atoms with Gasteiger partial charge in [-0.3, -0.25) is 4.99 Å². The van der Waals surface area contributed by atoms with Crippen LogP contribution in [0.15, 0.2) is 35.3 Å². The zero-order chi connectivity index (χ0) is 10.5. The van der Waals surface area contributed by atoms with Crippen molar-refractivity contribution in [2.75, 3.05) is 0 Å². The lowest BCUT2D eigenvalue weighted by atomic mass is 9.97. The maximum atomic E-state index is 12.9. The Bertz CT molecular complexity index is 322. The number of halogens is 1. The normalized spacial score (nSPS) is 21.4. The van der Waals surface area contributed by atoms with Crippen molar-refractivity contribution in [3.63, 3.8) is 0 Å². The van der Waals surface area contributed by atoms with Crippen molar-refractivity contribution in [3.05, 3.63) is 35.9 Å². The Morgan fingerprint density at radius 1 is 1.13 bits per heavy atom. The van der Waals surface area contributed by atoms with Gasteiger partial charge in [0.25, 0.3) is 0 Å². The van der Waals surface area contributed by atoms with E-state index in [9.17, 15) is 4.39 Å². The van der Waals surface area contributed by atoms with E-state index in [-0.39, 0.29) is 0 Å². The van der Waals surface area contributed by atoms with Crippen LogP contribution < -0.4 is 0 Å². The first-order valence-electron chi connectivity index (χ1n) is 5.55. The first-order chi connectivity index (χ1) is 7.34. The van der Waals surface area contributed by atoms with Crippen LogP contribution in [0.2, 0.25) is 0 Å². The highest BCUT2D eigenvalue weighted by molar-refractivity contribution is 5.85. The number of hydrogen-bond acceptors (Lipinski definition) is 1. The van der Waals surface area contributed by atoms with Gasteiger partial charge in [-0.15, -0.1) is 0 Å². The molecule has 1 aliphatic carbocycles. The van der Waals surface area contributed by atoms with E-state index >= 15 is 0 Å². The van der Waals surface area contributed by atoms with Gasteiger partial charge >= 0.3 is 0 Å². The molecular formula is C13H16FN. The van der Waals surface area contributed by atoms with Crippen molar-refractivity contribution in [1.29, 1.82) is 0 Å². The van der Waals surface area contributed by atoms with Gasteiger partial charge < -0.3 is 0 Å². The van der Waals surface area contributed by atoms with Crippen LogP contribution in [0.25, 0.3) is 0 Å². The van der Waals surface area contributed by atoms with E-state index in [0.29, 0.717) is 12.8 Å². The Labute approximate surface area is 90.0 Å². The third-order valence-corrected chi connectivity index (χ3v) is 2.82. The Hall–Kier alpha value is -1.18. The monoisotopic (exact) mass is 205 g/mol. The Morgan fingerprint density at radius 3 is 2.47 bits per heavy atom. The van der Waals surface area contributed by atoms with Gasteiger partial charge in [-0.1, -0.05) is 30.3 Å². The Kier molecular flexibility index (Phi) is 3.49. The summed E-state index contributed by atoms with van der Waals surface area (Å²) in [4.78, 5) is 4.54. The van der Waals surface area contributed by atoms with Crippen LogP contribution in [-0.2, 0) is 6.54 Å². The molecular weight excluding hydrogens is 189 g/mol. The van der Waals surface area contributed by atoms with Crippen LogP contribution >= 0.6 is 0 Å². The molecule has 1 nitrogen and oxygen atoms in total. The largest absolute Gasteiger partial charge is 0.289 e. The van der Waals surface area contributed by atoms with Crippen molar-refractivity contribution in [1.82, 2.24) is 0 Å². The van der Waals surface area contributed by atoms with E-state index in [4.69, 9.17) is 0 Å². The molecule has 0 aliphatic heterocycles. The molecule has 15 heavy (non-hydrogen) atoms. The van der Waals surface area contributed by atoms with Gasteiger partial charge in [0, 0.05) is 5.71 Å². The first kappa shape index (κ1) is 10.3. The maximum absolute atomic E-state index is 12.9. The summed E-state index contributed by atoms with van der Waals surface area (Å²) in [5, 5.41) is 0. The molecule has 0 amide bonds. The number of alkyl halides is 1. The average molecular weight is 205 g/mol. The summed E-state index contributed by atoms with van der Waals surface area (Å²) >= 11 is 0. The topological polar surface area (TPSA) is 12.4 Å². The molecule has 0 radical (unpaired) electrons. The highest BCUT2D eigenvalue weighted by Crippen LogP contribution is 2.19. The quantitative estimate of drug-likeness (QED) is 0.700. The van der Waals surface area contributed by atoms with Crippen LogP contribution in [0.4, 0.5) is 4.39 Å². The van der Waals surface area contributed by atoms with Gasteiger partial charge in [0.15, 0.2) is 0 Å². The number of rotatable bonds is 2. The summed E-state index contributed by atoms with van der Waals surface area (Å²) in [6.07, 6.45) is 2.41. The predicted molar refractivity (Wildman–Crippen MR) is 60.9 cm³/mol. The molecule has 2 rings (SSSR count). The van der Waals surface area contributed by atoms with E-state index in [1.807, 2.05) is 18.2 Å². The van der Waals surface area contributed by atoms with Crippen molar-refractivity contribution in [2.24, 2.45) is 4.99 Å². The van der Waals surface area contributed by atoms with Crippen molar-refractivity contribution >= 4 is 5.71 Å². The molecule has 1 fully saturated rings. The van der Waals surface area contributed by atoms with Gasteiger partial charge in [0.05, 0.1) is 6.54 Å². The van der Waals surface area contributed by atoms with Crippen LogP contribution in [0.1, 0.15) is 31.2 Å². The summed E-state index contributed by atoms with van der Waals surface area (Å²) in [7, 11) is 0. The molecule has 0 heterocycles. The molecule has 1 saturated carbocycles. The molecule has 0 N–H and O–H groups in total. The summed E-state index contributed by atoms with van der Waals surface area (Å²) < 4.78 is 12.9. The van der Waals surface area contributed by atoms with Gasteiger partial charge in [-0.25, -0.2) is 4.39 Å². The second kappa shape index (κ2) is 5.06. The summed E-state index contributed by atoms with van der Waals surface area (Å²) in [5.41, 5.74) is 2.42. The Morgan fingerprint density at radius 2 is 1.80 bits per heavy atom. The average Bonchev–Trinajstić information content (AvgIpc) is 2.30. The minimum Gasteiger partial charge on any atom is -0.289 e. The Balaban J connectivity index is 1.89. The van der Waals surface area contributed by atoms with Crippen molar-refractivity contribution in [2.45, 2.75) is 38.4 Å². The molecule has 2 heteroatoms. The highest BCUT2D eigenvalue weighted by Gasteiger charge is 2.15. The lowest BCUT2D eigenvalue weighted by molar-refractivity contribution is 0.292. The third-order valence-electron chi connectivity index (χ3n) is 2.82. The van der Waals surface area contributed by atoms with E-state index in [2.05, 4.69) is 17.1 Å². The van der Waals surface area contributed by atoms with Crippen LogP contribution in [0.5, 0.6) is 0 Å². The second-order valence-electron chi connectivity index (χ2n) is 4.04.